The second-order valence-corrected chi connectivity index (χ2v) is 9.96. The van der Waals surface area contributed by atoms with E-state index in [1.807, 2.05) is 54.9 Å². The first-order valence-electron chi connectivity index (χ1n) is 12.2. The van der Waals surface area contributed by atoms with Gasteiger partial charge in [0, 0.05) is 0 Å². The van der Waals surface area contributed by atoms with Gasteiger partial charge in [0.1, 0.15) is 11.9 Å². The van der Waals surface area contributed by atoms with Crippen LogP contribution in [0, 0.1) is 24.7 Å². The highest BCUT2D eigenvalue weighted by atomic mass is 35.5. The number of esters is 1. The Morgan fingerprint density at radius 3 is 2.56 bits per heavy atom. The number of imidazole rings is 1. The van der Waals surface area contributed by atoms with E-state index in [4.69, 9.17) is 9.47 Å². The molecule has 0 spiro atoms. The standard InChI is InChI=1S/C28H37N2O3.ClH/c1-19(2)22-15-14-20(3)16-26(22)33-28(31)17-30-24-12-8-7-11-23(24)29(5)27(30)18-32-25-13-9-6-10-21(25)4;/h6-13,19-20,22,26H,14-18H2,1-5H3;1H/q+1;/p-1. The van der Waals surface area contributed by atoms with Crippen LogP contribution in [0.25, 0.3) is 11.0 Å². The van der Waals surface area contributed by atoms with Crippen molar-refractivity contribution in [3.05, 3.63) is 59.9 Å². The van der Waals surface area contributed by atoms with Crippen molar-refractivity contribution < 1.29 is 31.2 Å². The zero-order valence-corrected chi connectivity index (χ0v) is 21.7. The van der Waals surface area contributed by atoms with E-state index in [0.29, 0.717) is 24.4 Å². The summed E-state index contributed by atoms with van der Waals surface area (Å²) in [6.45, 7) is 9.34. The predicted octanol–water partition coefficient (Wildman–Crippen LogP) is 2.36. The van der Waals surface area contributed by atoms with Crippen molar-refractivity contribution in [2.75, 3.05) is 0 Å². The van der Waals surface area contributed by atoms with Gasteiger partial charge in [0.05, 0.1) is 7.05 Å². The number of nitrogens with zero attached hydrogens (tertiary/aromatic N) is 2. The van der Waals surface area contributed by atoms with Crippen LogP contribution in [0.15, 0.2) is 48.5 Å². The van der Waals surface area contributed by atoms with Crippen molar-refractivity contribution in [3.63, 3.8) is 0 Å². The summed E-state index contributed by atoms with van der Waals surface area (Å²) in [6, 6.07) is 16.2. The number of hydrogen-bond acceptors (Lipinski definition) is 3. The molecule has 0 N–H and O–H groups in total. The fraction of sp³-hybridized carbons (Fsp3) is 0.500. The lowest BCUT2D eigenvalue weighted by Crippen LogP contribution is -3.00. The van der Waals surface area contributed by atoms with Gasteiger partial charge in [0.2, 0.25) is 0 Å². The molecule has 1 heterocycles. The summed E-state index contributed by atoms with van der Waals surface area (Å²) < 4.78 is 16.5. The molecule has 1 aromatic heterocycles. The van der Waals surface area contributed by atoms with Crippen LogP contribution >= 0.6 is 0 Å². The van der Waals surface area contributed by atoms with Crippen LogP contribution < -0.4 is 21.7 Å². The van der Waals surface area contributed by atoms with Crippen molar-refractivity contribution in [1.29, 1.82) is 0 Å². The van der Waals surface area contributed by atoms with Gasteiger partial charge in [-0.3, -0.25) is 0 Å². The maximum atomic E-state index is 13.2. The summed E-state index contributed by atoms with van der Waals surface area (Å²) in [6.07, 6.45) is 3.31. The fourth-order valence-electron chi connectivity index (χ4n) is 5.23. The van der Waals surface area contributed by atoms with Crippen molar-refractivity contribution >= 4 is 17.0 Å². The van der Waals surface area contributed by atoms with Crippen LogP contribution in [-0.2, 0) is 29.7 Å². The summed E-state index contributed by atoms with van der Waals surface area (Å²) in [4.78, 5) is 13.2. The third-order valence-corrected chi connectivity index (χ3v) is 7.21. The van der Waals surface area contributed by atoms with Gasteiger partial charge in [-0.2, -0.15) is 0 Å². The molecule has 5 nitrogen and oxygen atoms in total. The number of benzene rings is 2. The molecule has 4 rings (SSSR count). The Labute approximate surface area is 209 Å². The minimum atomic E-state index is -0.168. The highest BCUT2D eigenvalue weighted by molar-refractivity contribution is 5.76. The van der Waals surface area contributed by atoms with Gasteiger partial charge in [0.15, 0.2) is 24.2 Å². The number of aryl methyl sites for hydroxylation is 2. The van der Waals surface area contributed by atoms with E-state index in [-0.39, 0.29) is 31.0 Å². The molecule has 0 radical (unpaired) electrons. The van der Waals surface area contributed by atoms with Crippen LogP contribution in [-0.4, -0.2) is 16.6 Å². The second-order valence-electron chi connectivity index (χ2n) is 9.96. The molecule has 1 saturated carbocycles. The lowest BCUT2D eigenvalue weighted by Gasteiger charge is -2.36. The van der Waals surface area contributed by atoms with Gasteiger partial charge in [-0.25, -0.2) is 13.9 Å². The molecule has 6 heteroatoms. The normalized spacial score (nSPS) is 20.2. The van der Waals surface area contributed by atoms with Crippen molar-refractivity contribution in [3.8, 4) is 5.75 Å². The van der Waals surface area contributed by atoms with Crippen molar-refractivity contribution in [2.45, 2.75) is 66.2 Å². The van der Waals surface area contributed by atoms with Crippen LogP contribution in [0.3, 0.4) is 0 Å². The molecule has 184 valence electrons. The molecular formula is C28H37ClN2O3. The maximum Gasteiger partial charge on any atom is 0.348 e. The van der Waals surface area contributed by atoms with Gasteiger partial charge in [-0.05, 0) is 61.3 Å². The quantitative estimate of drug-likeness (QED) is 0.382. The van der Waals surface area contributed by atoms with Crippen LogP contribution in [0.1, 0.15) is 51.4 Å². The van der Waals surface area contributed by atoms with Crippen molar-refractivity contribution in [2.24, 2.45) is 24.8 Å². The van der Waals surface area contributed by atoms with Gasteiger partial charge in [-0.15, -0.1) is 0 Å². The minimum absolute atomic E-state index is 0. The molecule has 1 aliphatic carbocycles. The molecule has 0 bridgehead atoms. The molecule has 1 fully saturated rings. The van der Waals surface area contributed by atoms with E-state index in [1.165, 1.54) is 6.42 Å². The maximum absolute atomic E-state index is 13.2. The molecule has 0 saturated heterocycles. The summed E-state index contributed by atoms with van der Waals surface area (Å²) in [7, 11) is 2.03. The number of aromatic nitrogens is 2. The zero-order chi connectivity index (χ0) is 23.5. The minimum Gasteiger partial charge on any atom is -1.00 e. The third-order valence-electron chi connectivity index (χ3n) is 7.21. The number of fused-ring (bicyclic) bond motifs is 1. The van der Waals surface area contributed by atoms with Gasteiger partial charge >= 0.3 is 5.97 Å². The van der Waals surface area contributed by atoms with E-state index in [1.54, 1.807) is 0 Å². The molecule has 3 aromatic rings. The number of rotatable bonds is 7. The molecule has 1 aliphatic rings. The third kappa shape index (κ3) is 5.57. The molecular weight excluding hydrogens is 448 g/mol. The molecule has 3 unspecified atom stereocenters. The SMILES string of the molecule is Cc1ccccc1OCc1n(CC(=O)OC2CC(C)CCC2C(C)C)c2ccccc2[n+]1C.[Cl-]. The number of ether oxygens (including phenoxy) is 2. The number of hydrogen-bond donors (Lipinski definition) is 0. The largest absolute Gasteiger partial charge is 1.00 e. The number of halogens is 1. The Morgan fingerprint density at radius 2 is 1.82 bits per heavy atom. The molecule has 0 aliphatic heterocycles. The van der Waals surface area contributed by atoms with E-state index in [9.17, 15) is 4.79 Å². The van der Waals surface area contributed by atoms with Gasteiger partial charge in [-0.1, -0.05) is 57.5 Å². The Hall–Kier alpha value is -2.53. The lowest BCUT2D eigenvalue weighted by molar-refractivity contribution is -0.655. The summed E-state index contributed by atoms with van der Waals surface area (Å²) in [5.41, 5.74) is 3.17. The van der Waals surface area contributed by atoms with Gasteiger partial charge < -0.3 is 21.9 Å². The highest BCUT2D eigenvalue weighted by Gasteiger charge is 2.34. The summed E-state index contributed by atoms with van der Waals surface area (Å²) >= 11 is 0. The van der Waals surface area contributed by atoms with E-state index in [2.05, 4.69) is 37.5 Å². The number of carbonyl (C=O) groups excluding carboxylic acids is 1. The van der Waals surface area contributed by atoms with E-state index in [0.717, 1.165) is 41.0 Å². The first kappa shape index (κ1) is 26.1. The monoisotopic (exact) mass is 484 g/mol. The Kier molecular flexibility index (Phi) is 8.64. The fourth-order valence-corrected chi connectivity index (χ4v) is 5.23. The van der Waals surface area contributed by atoms with E-state index >= 15 is 0 Å². The van der Waals surface area contributed by atoms with Crippen molar-refractivity contribution in [1.82, 2.24) is 4.57 Å². The number of carbonyl (C=O) groups is 1. The average Bonchev–Trinajstić information content (AvgIpc) is 3.04. The second kappa shape index (κ2) is 11.3. The molecule has 34 heavy (non-hydrogen) atoms. The summed E-state index contributed by atoms with van der Waals surface area (Å²) in [5, 5.41) is 0. The first-order valence-corrected chi connectivity index (χ1v) is 12.2. The van der Waals surface area contributed by atoms with Crippen LogP contribution in [0.5, 0.6) is 5.75 Å². The molecule has 2 aromatic carbocycles. The highest BCUT2D eigenvalue weighted by Crippen LogP contribution is 2.35. The topological polar surface area (TPSA) is 44.3 Å². The predicted molar refractivity (Wildman–Crippen MR) is 130 cm³/mol. The Bertz CT molecular complexity index is 1120. The molecule has 3 atom stereocenters. The average molecular weight is 485 g/mol. The Balaban J connectivity index is 0.00000324. The number of para-hydroxylation sites is 3. The molecule has 0 amide bonds. The Morgan fingerprint density at radius 1 is 1.12 bits per heavy atom. The zero-order valence-electron chi connectivity index (χ0n) is 21.0. The first-order chi connectivity index (χ1) is 15.8. The van der Waals surface area contributed by atoms with Crippen LogP contribution in [0.4, 0.5) is 0 Å². The van der Waals surface area contributed by atoms with E-state index < -0.39 is 0 Å². The smallest absolute Gasteiger partial charge is 0.348 e. The van der Waals surface area contributed by atoms with Crippen LogP contribution in [0.2, 0.25) is 0 Å². The lowest BCUT2D eigenvalue weighted by atomic mass is 9.75. The van der Waals surface area contributed by atoms with Gasteiger partial charge in [0.25, 0.3) is 5.82 Å². The summed E-state index contributed by atoms with van der Waals surface area (Å²) in [5.74, 6) is 3.17.